The van der Waals surface area contributed by atoms with E-state index in [-0.39, 0.29) is 25.0 Å². The summed E-state index contributed by atoms with van der Waals surface area (Å²) >= 11 is 5.85. The normalized spacial score (nSPS) is 13.9. The maximum absolute atomic E-state index is 12.7. The first-order valence-corrected chi connectivity index (χ1v) is 11.1. The Balaban J connectivity index is 1.27. The van der Waals surface area contributed by atoms with Crippen molar-refractivity contribution in [3.63, 3.8) is 0 Å². The topological polar surface area (TPSA) is 89.8 Å². The zero-order chi connectivity index (χ0) is 23.5. The smallest absolute Gasteiger partial charge is 0.260 e. The molecule has 1 fully saturated rings. The second kappa shape index (κ2) is 9.66. The van der Waals surface area contributed by atoms with Gasteiger partial charge in [-0.2, -0.15) is 0 Å². The van der Waals surface area contributed by atoms with Crippen molar-refractivity contribution in [1.29, 1.82) is 0 Å². The minimum Gasteiger partial charge on any atom is -0.484 e. The van der Waals surface area contributed by atoms with Crippen LogP contribution in [-0.2, 0) is 16.6 Å². The molecule has 0 N–H and O–H groups in total. The van der Waals surface area contributed by atoms with E-state index in [0.29, 0.717) is 42.8 Å². The van der Waals surface area contributed by atoms with Gasteiger partial charge in [-0.05, 0) is 49.7 Å². The summed E-state index contributed by atoms with van der Waals surface area (Å²) in [6, 6.07) is 8.82. The molecule has 9 nitrogen and oxygen atoms in total. The van der Waals surface area contributed by atoms with Gasteiger partial charge in [0.25, 0.3) is 11.8 Å². The van der Waals surface area contributed by atoms with Crippen LogP contribution in [-0.4, -0.2) is 75.8 Å². The predicted molar refractivity (Wildman–Crippen MR) is 124 cm³/mol. The molecular formula is C23H26ClN5O4. The Bertz CT molecular complexity index is 1170. The summed E-state index contributed by atoms with van der Waals surface area (Å²) in [6.45, 7) is 5.51. The number of amides is 2. The van der Waals surface area contributed by atoms with Crippen LogP contribution in [0.15, 0.2) is 30.3 Å². The molecule has 1 aliphatic heterocycles. The van der Waals surface area contributed by atoms with Crippen molar-refractivity contribution in [3.8, 4) is 11.6 Å². The summed E-state index contributed by atoms with van der Waals surface area (Å²) < 4.78 is 13.0. The third kappa shape index (κ3) is 5.19. The number of rotatable bonds is 6. The van der Waals surface area contributed by atoms with Gasteiger partial charge in [0, 0.05) is 43.9 Å². The quantitative estimate of drug-likeness (QED) is 0.548. The Labute approximate surface area is 196 Å². The highest BCUT2D eigenvalue weighted by molar-refractivity contribution is 6.30. The predicted octanol–water partition coefficient (Wildman–Crippen LogP) is 2.37. The van der Waals surface area contributed by atoms with Gasteiger partial charge < -0.3 is 19.3 Å². The lowest BCUT2D eigenvalue weighted by atomic mass is 10.2. The Morgan fingerprint density at radius 2 is 1.55 bits per heavy atom. The van der Waals surface area contributed by atoms with E-state index in [0.717, 1.165) is 22.3 Å². The van der Waals surface area contributed by atoms with Crippen LogP contribution in [0.25, 0.3) is 11.0 Å². The van der Waals surface area contributed by atoms with Crippen LogP contribution in [0.2, 0.25) is 5.02 Å². The number of hydrogen-bond acceptors (Lipinski definition) is 6. The van der Waals surface area contributed by atoms with E-state index in [2.05, 4.69) is 10.1 Å². The SMILES string of the molecule is Cc1cc(C)c2c(OCC(=O)N3CCN(C(=O)COc4ccc(Cl)cc4)CC3)nn(C)c2n1. The minimum absolute atomic E-state index is 0.0572. The Morgan fingerprint density at radius 1 is 0.970 bits per heavy atom. The molecule has 0 radical (unpaired) electrons. The van der Waals surface area contributed by atoms with Gasteiger partial charge in [0.15, 0.2) is 18.9 Å². The molecule has 1 aromatic carbocycles. The molecule has 2 amide bonds. The van der Waals surface area contributed by atoms with E-state index >= 15 is 0 Å². The number of aryl methyl sites for hydroxylation is 3. The minimum atomic E-state index is -0.143. The van der Waals surface area contributed by atoms with Crippen LogP contribution in [0.1, 0.15) is 11.3 Å². The van der Waals surface area contributed by atoms with Crippen molar-refractivity contribution in [2.24, 2.45) is 7.05 Å². The number of nitrogens with zero attached hydrogens (tertiary/aromatic N) is 5. The van der Waals surface area contributed by atoms with Crippen LogP contribution in [0.5, 0.6) is 11.6 Å². The third-order valence-corrected chi connectivity index (χ3v) is 5.83. The van der Waals surface area contributed by atoms with Gasteiger partial charge in [0.05, 0.1) is 5.39 Å². The van der Waals surface area contributed by atoms with Gasteiger partial charge in [-0.1, -0.05) is 11.6 Å². The fraction of sp³-hybridized carbons (Fsp3) is 0.391. The maximum Gasteiger partial charge on any atom is 0.260 e. The third-order valence-electron chi connectivity index (χ3n) is 5.58. The van der Waals surface area contributed by atoms with Crippen LogP contribution >= 0.6 is 11.6 Å². The fourth-order valence-electron chi connectivity index (χ4n) is 3.84. The molecule has 4 rings (SSSR count). The number of fused-ring (bicyclic) bond motifs is 1. The zero-order valence-corrected chi connectivity index (χ0v) is 19.6. The molecule has 0 unspecified atom stereocenters. The van der Waals surface area contributed by atoms with Crippen LogP contribution < -0.4 is 9.47 Å². The number of aromatic nitrogens is 3. The maximum atomic E-state index is 12.7. The van der Waals surface area contributed by atoms with Gasteiger partial charge in [0.2, 0.25) is 5.88 Å². The first-order chi connectivity index (χ1) is 15.8. The number of halogens is 1. The second-order valence-electron chi connectivity index (χ2n) is 8.00. The number of carbonyl (C=O) groups excluding carboxylic acids is 2. The van der Waals surface area contributed by atoms with Gasteiger partial charge in [0.1, 0.15) is 5.75 Å². The number of piperazine rings is 1. The first kappa shape index (κ1) is 22.8. The van der Waals surface area contributed by atoms with Gasteiger partial charge in [-0.25, -0.2) is 9.67 Å². The lowest BCUT2D eigenvalue weighted by molar-refractivity contribution is -0.141. The summed E-state index contributed by atoms with van der Waals surface area (Å²) in [5.41, 5.74) is 2.63. The average molecular weight is 472 g/mol. The molecule has 3 heterocycles. The highest BCUT2D eigenvalue weighted by Crippen LogP contribution is 2.27. The fourth-order valence-corrected chi connectivity index (χ4v) is 3.97. The molecule has 10 heteroatoms. The van der Waals surface area contributed by atoms with Crippen LogP contribution in [0.4, 0.5) is 0 Å². The second-order valence-corrected chi connectivity index (χ2v) is 8.44. The van der Waals surface area contributed by atoms with Gasteiger partial charge in [-0.15, -0.1) is 5.10 Å². The molecule has 0 aliphatic carbocycles. The number of ether oxygens (including phenoxy) is 2. The summed E-state index contributed by atoms with van der Waals surface area (Å²) in [6.07, 6.45) is 0. The van der Waals surface area contributed by atoms with Crippen molar-refractivity contribution in [3.05, 3.63) is 46.6 Å². The molecule has 3 aromatic rings. The van der Waals surface area contributed by atoms with Crippen LogP contribution in [0.3, 0.4) is 0 Å². The van der Waals surface area contributed by atoms with Crippen LogP contribution in [0, 0.1) is 13.8 Å². The number of benzene rings is 1. The molecular weight excluding hydrogens is 446 g/mol. The van der Waals surface area contributed by atoms with E-state index in [1.807, 2.05) is 19.9 Å². The Kier molecular flexibility index (Phi) is 6.69. The molecule has 0 spiro atoms. The van der Waals surface area contributed by atoms with E-state index in [1.54, 1.807) is 45.8 Å². The van der Waals surface area contributed by atoms with Gasteiger partial charge >= 0.3 is 0 Å². The molecule has 1 aliphatic rings. The average Bonchev–Trinajstić information content (AvgIpc) is 3.12. The summed E-state index contributed by atoms with van der Waals surface area (Å²) in [7, 11) is 1.80. The first-order valence-electron chi connectivity index (χ1n) is 10.7. The molecule has 1 saturated heterocycles. The lowest BCUT2D eigenvalue weighted by Crippen LogP contribution is -2.52. The zero-order valence-electron chi connectivity index (χ0n) is 18.9. The Hall–Kier alpha value is -3.33. The van der Waals surface area contributed by atoms with Gasteiger partial charge in [-0.3, -0.25) is 9.59 Å². The number of pyridine rings is 1. The summed E-state index contributed by atoms with van der Waals surface area (Å²) in [5.74, 6) is 0.725. The monoisotopic (exact) mass is 471 g/mol. The largest absolute Gasteiger partial charge is 0.484 e. The highest BCUT2D eigenvalue weighted by Gasteiger charge is 2.25. The van der Waals surface area contributed by atoms with E-state index in [1.165, 1.54) is 0 Å². The number of hydrogen-bond donors (Lipinski definition) is 0. The Morgan fingerprint density at radius 3 is 2.15 bits per heavy atom. The summed E-state index contributed by atoms with van der Waals surface area (Å²) in [5, 5.41) is 5.80. The molecule has 0 atom stereocenters. The molecule has 0 saturated carbocycles. The van der Waals surface area contributed by atoms with Crippen molar-refractivity contribution < 1.29 is 19.1 Å². The molecule has 0 bridgehead atoms. The molecule has 174 valence electrons. The molecule has 33 heavy (non-hydrogen) atoms. The standard InChI is InChI=1S/C23H26ClN5O4/c1-15-12-16(2)25-22-21(15)23(26-27(22)3)33-14-20(31)29-10-8-28(9-11-29)19(30)13-32-18-6-4-17(24)5-7-18/h4-7,12H,8-11,13-14H2,1-3H3. The van der Waals surface area contributed by atoms with E-state index in [4.69, 9.17) is 21.1 Å². The number of carbonyl (C=O) groups is 2. The lowest BCUT2D eigenvalue weighted by Gasteiger charge is -2.34. The van der Waals surface area contributed by atoms with Crippen molar-refractivity contribution >= 4 is 34.4 Å². The van der Waals surface area contributed by atoms with Crippen molar-refractivity contribution in [2.45, 2.75) is 13.8 Å². The van der Waals surface area contributed by atoms with E-state index < -0.39 is 0 Å². The van der Waals surface area contributed by atoms with Crippen molar-refractivity contribution in [1.82, 2.24) is 24.6 Å². The van der Waals surface area contributed by atoms with Crippen molar-refractivity contribution in [2.75, 3.05) is 39.4 Å². The molecule has 2 aromatic heterocycles. The van der Waals surface area contributed by atoms with E-state index in [9.17, 15) is 9.59 Å². The highest BCUT2D eigenvalue weighted by atomic mass is 35.5. The summed E-state index contributed by atoms with van der Waals surface area (Å²) in [4.78, 5) is 33.0.